The average Bonchev–Trinajstić information content (AvgIpc) is 2.97. The van der Waals surface area contributed by atoms with E-state index in [1.54, 1.807) is 37.6 Å². The molecule has 1 aromatic heterocycles. The summed E-state index contributed by atoms with van der Waals surface area (Å²) in [6.45, 7) is 0.700. The van der Waals surface area contributed by atoms with E-state index in [1.165, 1.54) is 0 Å². The van der Waals surface area contributed by atoms with Crippen LogP contribution in [-0.4, -0.2) is 35.2 Å². The predicted molar refractivity (Wildman–Crippen MR) is 102 cm³/mol. The van der Waals surface area contributed by atoms with Crippen LogP contribution in [0.1, 0.15) is 12.2 Å². The Hall–Kier alpha value is -1.80. The Labute approximate surface area is 159 Å². The van der Waals surface area contributed by atoms with Crippen molar-refractivity contribution in [2.75, 3.05) is 19.0 Å². The van der Waals surface area contributed by atoms with Gasteiger partial charge in [-0.3, -0.25) is 4.79 Å². The summed E-state index contributed by atoms with van der Waals surface area (Å²) in [4.78, 5) is 16.0. The normalized spacial score (nSPS) is 11.0. The van der Waals surface area contributed by atoms with Gasteiger partial charge in [0.15, 0.2) is 0 Å². The Morgan fingerprint density at radius 1 is 1.32 bits per heavy atom. The van der Waals surface area contributed by atoms with Crippen LogP contribution in [0.25, 0.3) is 0 Å². The van der Waals surface area contributed by atoms with E-state index in [2.05, 4.69) is 10.3 Å². The number of amides is 1. The molecule has 1 aromatic carbocycles. The van der Waals surface area contributed by atoms with Crippen LogP contribution >= 0.6 is 24.8 Å². The lowest BCUT2D eigenvalue weighted by atomic mass is 10.2. The molecule has 1 amide bonds. The summed E-state index contributed by atoms with van der Waals surface area (Å²) < 4.78 is 12.6. The quantitative estimate of drug-likeness (QED) is 0.720. The van der Waals surface area contributed by atoms with E-state index in [9.17, 15) is 4.79 Å². The SMILES string of the molecule is COC(CN)CC(=O)Nc1ccc(OCc2nccn2C)cc1.Cl.Cl. The number of hydrogen-bond acceptors (Lipinski definition) is 5. The second kappa shape index (κ2) is 11.7. The summed E-state index contributed by atoms with van der Waals surface area (Å²) in [5.41, 5.74) is 6.20. The lowest BCUT2D eigenvalue weighted by molar-refractivity contribution is -0.118. The van der Waals surface area contributed by atoms with E-state index >= 15 is 0 Å². The average molecular weight is 391 g/mol. The van der Waals surface area contributed by atoms with Gasteiger partial charge in [0.1, 0.15) is 18.2 Å². The van der Waals surface area contributed by atoms with Crippen molar-refractivity contribution in [2.45, 2.75) is 19.1 Å². The number of nitrogens with one attached hydrogen (secondary N) is 1. The van der Waals surface area contributed by atoms with Crippen LogP contribution in [0.15, 0.2) is 36.7 Å². The van der Waals surface area contributed by atoms with Crippen LogP contribution in [0.2, 0.25) is 0 Å². The van der Waals surface area contributed by atoms with Crippen LogP contribution < -0.4 is 15.8 Å². The van der Waals surface area contributed by atoms with Crippen molar-refractivity contribution in [3.63, 3.8) is 0 Å². The Morgan fingerprint density at radius 3 is 2.52 bits per heavy atom. The highest BCUT2D eigenvalue weighted by Gasteiger charge is 2.11. The number of methoxy groups -OCH3 is 1. The standard InChI is InChI=1S/C16H22N4O3.2ClH/c1-20-8-7-18-15(20)11-23-13-5-3-12(4-6-13)19-16(21)9-14(10-17)22-2;;/h3-8,14H,9-11,17H2,1-2H3,(H,19,21);2*1H. The van der Waals surface area contributed by atoms with Gasteiger partial charge in [-0.1, -0.05) is 0 Å². The minimum absolute atomic E-state index is 0. The number of ether oxygens (including phenoxy) is 2. The van der Waals surface area contributed by atoms with Crippen LogP contribution in [0.3, 0.4) is 0 Å². The monoisotopic (exact) mass is 390 g/mol. The van der Waals surface area contributed by atoms with Crippen molar-refractivity contribution in [2.24, 2.45) is 12.8 Å². The van der Waals surface area contributed by atoms with E-state index < -0.39 is 0 Å². The Bertz CT molecular complexity index is 631. The molecule has 2 aromatic rings. The number of nitrogens with two attached hydrogens (primary N) is 1. The second-order valence-electron chi connectivity index (χ2n) is 5.11. The van der Waals surface area contributed by atoms with Gasteiger partial charge in [-0.2, -0.15) is 0 Å². The summed E-state index contributed by atoms with van der Waals surface area (Å²) >= 11 is 0. The molecule has 3 N–H and O–H groups in total. The van der Waals surface area contributed by atoms with Crippen molar-refractivity contribution >= 4 is 36.4 Å². The second-order valence-corrected chi connectivity index (χ2v) is 5.11. The van der Waals surface area contributed by atoms with E-state index in [0.717, 1.165) is 5.82 Å². The number of carbonyl (C=O) groups is 1. The first-order chi connectivity index (χ1) is 11.1. The summed E-state index contributed by atoms with van der Waals surface area (Å²) in [6, 6.07) is 7.18. The largest absolute Gasteiger partial charge is 0.486 e. The maximum atomic E-state index is 11.9. The summed E-state index contributed by atoms with van der Waals surface area (Å²) in [6.07, 6.45) is 3.55. The fourth-order valence-corrected chi connectivity index (χ4v) is 2.00. The Kier molecular flexibility index (Phi) is 10.9. The molecule has 0 spiro atoms. The molecule has 0 bridgehead atoms. The van der Waals surface area contributed by atoms with Crippen molar-refractivity contribution in [1.29, 1.82) is 0 Å². The first-order valence-corrected chi connectivity index (χ1v) is 7.34. The molecule has 7 nitrogen and oxygen atoms in total. The molecule has 1 unspecified atom stereocenters. The van der Waals surface area contributed by atoms with Crippen molar-refractivity contribution in [3.8, 4) is 5.75 Å². The van der Waals surface area contributed by atoms with E-state index in [0.29, 0.717) is 24.6 Å². The van der Waals surface area contributed by atoms with Crippen LogP contribution in [-0.2, 0) is 23.2 Å². The topological polar surface area (TPSA) is 91.4 Å². The molecular weight excluding hydrogens is 367 g/mol. The van der Waals surface area contributed by atoms with Crippen LogP contribution in [0.4, 0.5) is 5.69 Å². The minimum atomic E-state index is -0.268. The molecule has 0 aliphatic carbocycles. The zero-order chi connectivity index (χ0) is 16.7. The maximum Gasteiger partial charge on any atom is 0.227 e. The first kappa shape index (κ1) is 23.2. The number of nitrogens with zero attached hydrogens (tertiary/aromatic N) is 2. The number of aromatic nitrogens is 2. The van der Waals surface area contributed by atoms with Gasteiger partial charge < -0.3 is 25.1 Å². The van der Waals surface area contributed by atoms with Crippen molar-refractivity contribution in [3.05, 3.63) is 42.5 Å². The van der Waals surface area contributed by atoms with Crippen molar-refractivity contribution < 1.29 is 14.3 Å². The highest BCUT2D eigenvalue weighted by molar-refractivity contribution is 5.91. The molecule has 0 aliphatic rings. The maximum absolute atomic E-state index is 11.9. The number of aryl methyl sites for hydroxylation is 1. The molecule has 0 saturated heterocycles. The number of benzene rings is 1. The molecule has 9 heteroatoms. The first-order valence-electron chi connectivity index (χ1n) is 7.34. The number of rotatable bonds is 8. The molecular formula is C16H24Cl2N4O3. The molecule has 2 rings (SSSR count). The third kappa shape index (κ3) is 7.31. The fourth-order valence-electron chi connectivity index (χ4n) is 2.00. The minimum Gasteiger partial charge on any atom is -0.486 e. The third-order valence-corrected chi connectivity index (χ3v) is 3.44. The molecule has 25 heavy (non-hydrogen) atoms. The fraction of sp³-hybridized carbons (Fsp3) is 0.375. The Morgan fingerprint density at radius 2 is 2.00 bits per heavy atom. The molecule has 1 atom stereocenters. The number of carbonyl (C=O) groups excluding carboxylic acids is 1. The van der Waals surface area contributed by atoms with Gasteiger partial charge in [-0.15, -0.1) is 24.8 Å². The van der Waals surface area contributed by atoms with E-state index in [1.807, 2.05) is 17.8 Å². The molecule has 0 fully saturated rings. The van der Waals surface area contributed by atoms with E-state index in [-0.39, 0.29) is 43.2 Å². The van der Waals surface area contributed by atoms with Gasteiger partial charge in [0, 0.05) is 38.8 Å². The number of anilines is 1. The van der Waals surface area contributed by atoms with Gasteiger partial charge in [-0.05, 0) is 24.3 Å². The Balaban J connectivity index is 0.00000288. The predicted octanol–water partition coefficient (Wildman–Crippen LogP) is 2.14. The van der Waals surface area contributed by atoms with Gasteiger partial charge in [0.25, 0.3) is 0 Å². The smallest absolute Gasteiger partial charge is 0.227 e. The summed E-state index contributed by atoms with van der Waals surface area (Å²) in [5, 5.41) is 2.80. The van der Waals surface area contributed by atoms with Gasteiger partial charge in [0.2, 0.25) is 5.91 Å². The summed E-state index contributed by atoms with van der Waals surface area (Å²) in [5.74, 6) is 1.42. The van der Waals surface area contributed by atoms with Crippen molar-refractivity contribution in [1.82, 2.24) is 9.55 Å². The van der Waals surface area contributed by atoms with Crippen LogP contribution in [0, 0.1) is 0 Å². The van der Waals surface area contributed by atoms with Gasteiger partial charge >= 0.3 is 0 Å². The number of halogens is 2. The lowest BCUT2D eigenvalue weighted by Gasteiger charge is -2.13. The molecule has 0 saturated carbocycles. The zero-order valence-corrected chi connectivity index (χ0v) is 15.8. The summed E-state index contributed by atoms with van der Waals surface area (Å²) in [7, 11) is 3.46. The van der Waals surface area contributed by atoms with E-state index in [4.69, 9.17) is 15.2 Å². The number of hydrogen-bond donors (Lipinski definition) is 2. The molecule has 0 aliphatic heterocycles. The highest BCUT2D eigenvalue weighted by atomic mass is 35.5. The lowest BCUT2D eigenvalue weighted by Crippen LogP contribution is -2.28. The molecule has 0 radical (unpaired) electrons. The number of imidazole rings is 1. The molecule has 140 valence electrons. The van der Waals surface area contributed by atoms with Crippen LogP contribution in [0.5, 0.6) is 5.75 Å². The zero-order valence-electron chi connectivity index (χ0n) is 14.2. The highest BCUT2D eigenvalue weighted by Crippen LogP contribution is 2.17. The third-order valence-electron chi connectivity index (χ3n) is 3.44. The van der Waals surface area contributed by atoms with Gasteiger partial charge in [0.05, 0.1) is 12.5 Å². The molecule has 1 heterocycles. The van der Waals surface area contributed by atoms with Gasteiger partial charge in [-0.25, -0.2) is 4.98 Å².